The summed E-state index contributed by atoms with van der Waals surface area (Å²) in [5, 5.41) is 6.72. The molecule has 1 saturated heterocycles. The van der Waals surface area contributed by atoms with Crippen molar-refractivity contribution in [2.24, 2.45) is 10.9 Å². The van der Waals surface area contributed by atoms with Gasteiger partial charge in [-0.15, -0.1) is 24.0 Å². The monoisotopic (exact) mass is 504 g/mol. The first-order valence-corrected chi connectivity index (χ1v) is 10.9. The molecule has 0 radical (unpaired) electrons. The molecule has 2 rings (SSSR count). The molecule has 7 heteroatoms. The Balaban J connectivity index is 0.00000364. The minimum absolute atomic E-state index is 0. The van der Waals surface area contributed by atoms with E-state index in [0.29, 0.717) is 12.3 Å². The van der Waals surface area contributed by atoms with Crippen LogP contribution in [0.4, 0.5) is 0 Å². The highest BCUT2D eigenvalue weighted by atomic mass is 127. The zero-order chi connectivity index (χ0) is 18.6. The summed E-state index contributed by atoms with van der Waals surface area (Å²) in [6, 6.07) is 10.4. The Kier molecular flexibility index (Phi) is 12.6. The van der Waals surface area contributed by atoms with Crippen molar-refractivity contribution in [3.05, 3.63) is 35.9 Å². The second-order valence-corrected chi connectivity index (χ2v) is 7.71. The quantitative estimate of drug-likeness (QED) is 0.223. The summed E-state index contributed by atoms with van der Waals surface area (Å²) in [5.74, 6) is 2.67. The Morgan fingerprint density at radius 2 is 2.04 bits per heavy atom. The molecule has 0 bridgehead atoms. The molecule has 152 valence electrons. The fourth-order valence-electron chi connectivity index (χ4n) is 3.16. The zero-order valence-electron chi connectivity index (χ0n) is 16.4. The van der Waals surface area contributed by atoms with Crippen LogP contribution in [0.3, 0.4) is 0 Å². The summed E-state index contributed by atoms with van der Waals surface area (Å²) >= 11 is 1.89. The lowest BCUT2D eigenvalue weighted by molar-refractivity contribution is -0.127. The Bertz CT molecular complexity index is 570. The number of likely N-dealkylation sites (tertiary alicyclic amines) is 1. The largest absolute Gasteiger partial charge is 0.356 e. The topological polar surface area (TPSA) is 56.7 Å². The van der Waals surface area contributed by atoms with Crippen molar-refractivity contribution in [3.8, 4) is 0 Å². The van der Waals surface area contributed by atoms with Crippen LogP contribution in [0, 0.1) is 5.92 Å². The van der Waals surface area contributed by atoms with Crippen LogP contribution in [0.2, 0.25) is 0 Å². The standard InChI is InChI=1S/C20H32N4OS.HI/c1-21-20(22-11-6-7-13-26-2)23-15-18-14-19(25)24(16-18)12-10-17-8-4-3-5-9-17;/h3-5,8-9,18H,6-7,10-16H2,1-2H3,(H2,21,22,23);1H. The second kappa shape index (κ2) is 14.1. The molecular formula is C20H33IN4OS. The Hall–Kier alpha value is -0.960. The van der Waals surface area contributed by atoms with Gasteiger partial charge in [0.15, 0.2) is 5.96 Å². The van der Waals surface area contributed by atoms with E-state index in [-0.39, 0.29) is 29.9 Å². The molecule has 1 atom stereocenters. The number of rotatable bonds is 10. The number of hydrogen-bond donors (Lipinski definition) is 2. The third-order valence-corrected chi connectivity index (χ3v) is 5.35. The molecule has 1 aliphatic heterocycles. The van der Waals surface area contributed by atoms with Crippen LogP contribution in [0.15, 0.2) is 35.3 Å². The molecule has 27 heavy (non-hydrogen) atoms. The molecule has 1 unspecified atom stereocenters. The molecular weight excluding hydrogens is 471 g/mol. The first-order chi connectivity index (χ1) is 12.7. The maximum atomic E-state index is 12.2. The molecule has 0 saturated carbocycles. The highest BCUT2D eigenvalue weighted by Gasteiger charge is 2.29. The van der Waals surface area contributed by atoms with Gasteiger partial charge in [0.05, 0.1) is 0 Å². The number of amides is 1. The fourth-order valence-corrected chi connectivity index (χ4v) is 3.65. The van der Waals surface area contributed by atoms with Gasteiger partial charge in [0.2, 0.25) is 5.91 Å². The summed E-state index contributed by atoms with van der Waals surface area (Å²) in [6.07, 6.45) is 6.06. The maximum Gasteiger partial charge on any atom is 0.223 e. The summed E-state index contributed by atoms with van der Waals surface area (Å²) in [5.41, 5.74) is 1.29. The first-order valence-electron chi connectivity index (χ1n) is 9.48. The highest BCUT2D eigenvalue weighted by Crippen LogP contribution is 2.17. The Morgan fingerprint density at radius 1 is 1.26 bits per heavy atom. The number of benzene rings is 1. The van der Waals surface area contributed by atoms with Gasteiger partial charge in [-0.05, 0) is 36.8 Å². The zero-order valence-corrected chi connectivity index (χ0v) is 19.6. The molecule has 1 aromatic carbocycles. The van der Waals surface area contributed by atoms with Gasteiger partial charge in [-0.25, -0.2) is 0 Å². The number of aliphatic imine (C=N–C) groups is 1. The average molecular weight is 504 g/mol. The number of guanidine groups is 1. The minimum atomic E-state index is 0. The van der Waals surface area contributed by atoms with E-state index in [0.717, 1.165) is 45.0 Å². The average Bonchev–Trinajstić information content (AvgIpc) is 3.03. The summed E-state index contributed by atoms with van der Waals surface area (Å²) in [6.45, 7) is 3.37. The van der Waals surface area contributed by atoms with Gasteiger partial charge in [-0.3, -0.25) is 9.79 Å². The van der Waals surface area contributed by atoms with Crippen molar-refractivity contribution in [1.29, 1.82) is 0 Å². The second-order valence-electron chi connectivity index (χ2n) is 6.73. The molecule has 0 aromatic heterocycles. The van der Waals surface area contributed by atoms with E-state index in [4.69, 9.17) is 0 Å². The number of thioether (sulfide) groups is 1. The third kappa shape index (κ3) is 9.19. The van der Waals surface area contributed by atoms with Crippen molar-refractivity contribution in [1.82, 2.24) is 15.5 Å². The van der Waals surface area contributed by atoms with Crippen molar-refractivity contribution in [2.75, 3.05) is 45.2 Å². The lowest BCUT2D eigenvalue weighted by Gasteiger charge is -2.18. The number of carbonyl (C=O) groups is 1. The van der Waals surface area contributed by atoms with Crippen LogP contribution >= 0.6 is 35.7 Å². The SMILES string of the molecule is CN=C(NCCCCSC)NCC1CC(=O)N(CCc2ccccc2)C1.I. The van der Waals surface area contributed by atoms with Crippen molar-refractivity contribution in [2.45, 2.75) is 25.7 Å². The number of halogens is 1. The van der Waals surface area contributed by atoms with E-state index in [1.54, 1.807) is 7.05 Å². The Labute approximate surface area is 185 Å². The number of nitrogens with one attached hydrogen (secondary N) is 2. The van der Waals surface area contributed by atoms with Gasteiger partial charge in [-0.2, -0.15) is 11.8 Å². The van der Waals surface area contributed by atoms with E-state index in [1.165, 1.54) is 17.7 Å². The molecule has 1 fully saturated rings. The van der Waals surface area contributed by atoms with E-state index < -0.39 is 0 Å². The van der Waals surface area contributed by atoms with Gasteiger partial charge in [0.25, 0.3) is 0 Å². The number of nitrogens with zero attached hydrogens (tertiary/aromatic N) is 2. The molecule has 2 N–H and O–H groups in total. The minimum Gasteiger partial charge on any atom is -0.356 e. The van der Waals surface area contributed by atoms with Gasteiger partial charge in [-0.1, -0.05) is 30.3 Å². The summed E-state index contributed by atoms with van der Waals surface area (Å²) in [4.78, 5) is 18.5. The summed E-state index contributed by atoms with van der Waals surface area (Å²) in [7, 11) is 1.79. The van der Waals surface area contributed by atoms with Crippen LogP contribution in [0.25, 0.3) is 0 Å². The highest BCUT2D eigenvalue weighted by molar-refractivity contribution is 14.0. The van der Waals surface area contributed by atoms with Gasteiger partial charge in [0.1, 0.15) is 0 Å². The lowest BCUT2D eigenvalue weighted by Crippen LogP contribution is -2.40. The smallest absolute Gasteiger partial charge is 0.223 e. The van der Waals surface area contributed by atoms with Gasteiger partial charge in [0, 0.05) is 45.6 Å². The lowest BCUT2D eigenvalue weighted by atomic mass is 10.1. The Morgan fingerprint density at radius 3 is 2.74 bits per heavy atom. The van der Waals surface area contributed by atoms with E-state index in [1.807, 2.05) is 34.9 Å². The van der Waals surface area contributed by atoms with Crippen molar-refractivity contribution < 1.29 is 4.79 Å². The van der Waals surface area contributed by atoms with E-state index in [2.05, 4.69) is 34.0 Å². The van der Waals surface area contributed by atoms with Crippen molar-refractivity contribution >= 4 is 47.6 Å². The third-order valence-electron chi connectivity index (χ3n) is 4.66. The summed E-state index contributed by atoms with van der Waals surface area (Å²) < 4.78 is 0. The normalized spacial score (nSPS) is 17.0. The number of unbranched alkanes of at least 4 members (excludes halogenated alkanes) is 1. The van der Waals surface area contributed by atoms with E-state index in [9.17, 15) is 4.79 Å². The fraction of sp³-hybridized carbons (Fsp3) is 0.600. The maximum absolute atomic E-state index is 12.2. The van der Waals surface area contributed by atoms with E-state index >= 15 is 0 Å². The first kappa shape index (κ1) is 24.1. The molecule has 0 spiro atoms. The predicted molar refractivity (Wildman–Crippen MR) is 127 cm³/mol. The molecule has 1 amide bonds. The predicted octanol–water partition coefficient (Wildman–Crippen LogP) is 3.00. The molecule has 1 aromatic rings. The van der Waals surface area contributed by atoms with Crippen LogP contribution in [-0.4, -0.2) is 62.0 Å². The molecule has 0 aliphatic carbocycles. The van der Waals surface area contributed by atoms with Crippen LogP contribution in [0.5, 0.6) is 0 Å². The number of carbonyl (C=O) groups excluding carboxylic acids is 1. The van der Waals surface area contributed by atoms with Crippen LogP contribution in [0.1, 0.15) is 24.8 Å². The molecule has 1 heterocycles. The van der Waals surface area contributed by atoms with Crippen LogP contribution in [-0.2, 0) is 11.2 Å². The number of hydrogen-bond acceptors (Lipinski definition) is 3. The van der Waals surface area contributed by atoms with Crippen molar-refractivity contribution in [3.63, 3.8) is 0 Å². The molecule has 5 nitrogen and oxygen atoms in total. The van der Waals surface area contributed by atoms with Gasteiger partial charge < -0.3 is 15.5 Å². The molecule has 1 aliphatic rings. The van der Waals surface area contributed by atoms with Crippen LogP contribution < -0.4 is 10.6 Å². The van der Waals surface area contributed by atoms with Gasteiger partial charge >= 0.3 is 0 Å².